The Kier molecular flexibility index (Phi) is 11.6. The molecule has 9 heteroatoms. The van der Waals surface area contributed by atoms with Gasteiger partial charge in [0.15, 0.2) is 0 Å². The smallest absolute Gasteiger partial charge is 0.408 e. The lowest BCUT2D eigenvalue weighted by Gasteiger charge is -2.22. The molecule has 0 bridgehead atoms. The second-order valence-electron chi connectivity index (χ2n) is 8.35. The Bertz CT molecular complexity index is 791. The molecule has 3 N–H and O–H groups in total. The maximum absolute atomic E-state index is 12.1. The van der Waals surface area contributed by atoms with Gasteiger partial charge in [-0.15, -0.1) is 0 Å². The molecule has 1 rings (SSSR count). The van der Waals surface area contributed by atoms with Crippen LogP contribution in [-0.4, -0.2) is 41.4 Å². The Morgan fingerprint density at radius 1 is 1.12 bits per heavy atom. The summed E-state index contributed by atoms with van der Waals surface area (Å²) in [6.07, 6.45) is 3.97. The van der Waals surface area contributed by atoms with Crippen LogP contribution in [0.25, 0.3) is 0 Å². The van der Waals surface area contributed by atoms with Gasteiger partial charge in [-0.1, -0.05) is 42.0 Å². The van der Waals surface area contributed by atoms with Crippen molar-refractivity contribution in [3.8, 4) is 0 Å². The van der Waals surface area contributed by atoms with Crippen molar-refractivity contribution in [3.63, 3.8) is 0 Å². The molecular formula is C23H33ClN2O6. The lowest BCUT2D eigenvalue weighted by atomic mass is 10.1. The number of hydrogen-bond acceptors (Lipinski definition) is 5. The summed E-state index contributed by atoms with van der Waals surface area (Å²) in [6.45, 7) is 7.33. The molecule has 0 radical (unpaired) electrons. The molecule has 0 aromatic heterocycles. The van der Waals surface area contributed by atoms with Gasteiger partial charge in [-0.25, -0.2) is 9.59 Å². The van der Waals surface area contributed by atoms with Crippen molar-refractivity contribution >= 4 is 29.8 Å². The van der Waals surface area contributed by atoms with E-state index in [-0.39, 0.29) is 12.6 Å². The van der Waals surface area contributed by atoms with Crippen LogP contribution in [0.1, 0.15) is 52.5 Å². The van der Waals surface area contributed by atoms with Crippen molar-refractivity contribution < 1.29 is 29.0 Å². The van der Waals surface area contributed by atoms with E-state index in [9.17, 15) is 14.4 Å². The summed E-state index contributed by atoms with van der Waals surface area (Å²) in [5, 5.41) is 15.0. The third-order valence-corrected chi connectivity index (χ3v) is 4.62. The Morgan fingerprint density at radius 2 is 1.81 bits per heavy atom. The molecule has 0 unspecified atom stereocenters. The number of halogens is 1. The largest absolute Gasteiger partial charge is 0.481 e. The van der Waals surface area contributed by atoms with Crippen LogP contribution in [0.4, 0.5) is 9.59 Å². The summed E-state index contributed by atoms with van der Waals surface area (Å²) in [7, 11) is 0. The Hall–Kier alpha value is -2.74. The molecule has 0 spiro atoms. The lowest BCUT2D eigenvalue weighted by molar-refractivity contribution is -0.139. The predicted octanol–water partition coefficient (Wildman–Crippen LogP) is 4.91. The van der Waals surface area contributed by atoms with Crippen LogP contribution in [-0.2, 0) is 20.9 Å². The van der Waals surface area contributed by atoms with Crippen molar-refractivity contribution in [3.05, 3.63) is 47.0 Å². The summed E-state index contributed by atoms with van der Waals surface area (Å²) in [5.41, 5.74) is 0.0868. The fraction of sp³-hybridized carbons (Fsp3) is 0.522. The van der Waals surface area contributed by atoms with Crippen LogP contribution >= 0.6 is 11.6 Å². The van der Waals surface area contributed by atoms with Gasteiger partial charge in [-0.05, 0) is 53.0 Å². The number of ether oxygens (including phenoxy) is 2. The van der Waals surface area contributed by atoms with Gasteiger partial charge >= 0.3 is 18.2 Å². The van der Waals surface area contributed by atoms with Crippen LogP contribution in [0, 0.1) is 5.92 Å². The van der Waals surface area contributed by atoms with Crippen LogP contribution in [0.5, 0.6) is 0 Å². The standard InChI is InChI=1S/C23H33ClN2O6/c1-16(20(27)28)12-13-18(26-22(30)32-23(2,3)4)10-7-8-14-25-21(29)31-15-17-9-5-6-11-19(17)24/h5-6,9,11-13,16,18H,7-8,10,14-15H2,1-4H3,(H,25,29)(H,26,30)(H,27,28)/b13-12+/t16-,18-/m1/s1. The number of amides is 2. The van der Waals surface area contributed by atoms with Gasteiger partial charge in [-0.2, -0.15) is 0 Å². The van der Waals surface area contributed by atoms with E-state index in [1.54, 1.807) is 52.0 Å². The van der Waals surface area contributed by atoms with Gasteiger partial charge in [0.2, 0.25) is 0 Å². The minimum absolute atomic E-state index is 0.0833. The number of rotatable bonds is 11. The second kappa shape index (κ2) is 13.6. The summed E-state index contributed by atoms with van der Waals surface area (Å²) < 4.78 is 10.4. The van der Waals surface area contributed by atoms with Crippen LogP contribution in [0.15, 0.2) is 36.4 Å². The van der Waals surface area contributed by atoms with Crippen LogP contribution in [0.3, 0.4) is 0 Å². The highest BCUT2D eigenvalue weighted by atomic mass is 35.5. The van der Waals surface area contributed by atoms with E-state index in [2.05, 4.69) is 10.6 Å². The van der Waals surface area contributed by atoms with E-state index in [1.165, 1.54) is 6.08 Å². The van der Waals surface area contributed by atoms with E-state index in [0.29, 0.717) is 30.8 Å². The van der Waals surface area contributed by atoms with Gasteiger partial charge in [0.25, 0.3) is 0 Å². The van der Waals surface area contributed by atoms with Gasteiger partial charge in [0.05, 0.1) is 12.0 Å². The molecular weight excluding hydrogens is 436 g/mol. The molecule has 0 fully saturated rings. The number of nitrogens with one attached hydrogen (secondary N) is 2. The fourth-order valence-electron chi connectivity index (χ4n) is 2.55. The first-order chi connectivity index (χ1) is 15.0. The quantitative estimate of drug-likeness (QED) is 0.314. The summed E-state index contributed by atoms with van der Waals surface area (Å²) in [5.74, 6) is -1.62. The Balaban J connectivity index is 2.42. The summed E-state index contributed by atoms with van der Waals surface area (Å²) in [6, 6.07) is 6.74. The Labute approximate surface area is 194 Å². The second-order valence-corrected chi connectivity index (χ2v) is 8.76. The molecule has 0 aliphatic rings. The van der Waals surface area contributed by atoms with E-state index in [1.807, 2.05) is 6.07 Å². The van der Waals surface area contributed by atoms with Gasteiger partial charge in [-0.3, -0.25) is 4.79 Å². The minimum atomic E-state index is -0.947. The molecule has 1 aromatic rings. The number of aliphatic carboxylic acids is 1. The number of hydrogen-bond donors (Lipinski definition) is 3. The molecule has 8 nitrogen and oxygen atoms in total. The van der Waals surface area contributed by atoms with Gasteiger partial charge in [0, 0.05) is 17.1 Å². The van der Waals surface area contributed by atoms with E-state index in [4.69, 9.17) is 26.2 Å². The number of unbranched alkanes of at least 4 members (excludes halogenated alkanes) is 1. The highest BCUT2D eigenvalue weighted by Gasteiger charge is 2.19. The number of alkyl carbamates (subject to hydrolysis) is 2. The van der Waals surface area contributed by atoms with E-state index in [0.717, 1.165) is 5.56 Å². The summed E-state index contributed by atoms with van der Waals surface area (Å²) in [4.78, 5) is 34.9. The number of carboxylic acids is 1. The maximum atomic E-state index is 12.1. The number of carbonyl (C=O) groups excluding carboxylic acids is 2. The van der Waals surface area contributed by atoms with Crippen LogP contribution < -0.4 is 10.6 Å². The highest BCUT2D eigenvalue weighted by molar-refractivity contribution is 6.31. The number of benzene rings is 1. The summed E-state index contributed by atoms with van der Waals surface area (Å²) >= 11 is 6.03. The first-order valence-corrected chi connectivity index (χ1v) is 10.9. The SMILES string of the molecule is C[C@H](/C=C/[C@@H](CCCCNC(=O)OCc1ccccc1Cl)NC(=O)OC(C)(C)C)C(=O)O. The molecule has 0 aliphatic carbocycles. The topological polar surface area (TPSA) is 114 Å². The molecule has 0 saturated heterocycles. The van der Waals surface area contributed by atoms with Crippen molar-refractivity contribution in [1.29, 1.82) is 0 Å². The zero-order chi connectivity index (χ0) is 24.1. The Morgan fingerprint density at radius 3 is 2.44 bits per heavy atom. The molecule has 0 saturated carbocycles. The normalized spacial score (nSPS) is 13.3. The minimum Gasteiger partial charge on any atom is -0.481 e. The van der Waals surface area contributed by atoms with Crippen molar-refractivity contribution in [1.82, 2.24) is 10.6 Å². The highest BCUT2D eigenvalue weighted by Crippen LogP contribution is 2.15. The first-order valence-electron chi connectivity index (χ1n) is 10.5. The lowest BCUT2D eigenvalue weighted by Crippen LogP contribution is -2.38. The van der Waals surface area contributed by atoms with E-state index < -0.39 is 29.7 Å². The molecule has 2 atom stereocenters. The first kappa shape index (κ1) is 27.3. The van der Waals surface area contributed by atoms with Crippen LogP contribution in [0.2, 0.25) is 5.02 Å². The van der Waals surface area contributed by atoms with Crippen molar-refractivity contribution in [2.75, 3.05) is 6.54 Å². The van der Waals surface area contributed by atoms with Gasteiger partial charge in [0.1, 0.15) is 12.2 Å². The molecule has 2 amide bonds. The molecule has 1 aromatic carbocycles. The zero-order valence-corrected chi connectivity index (χ0v) is 19.8. The third-order valence-electron chi connectivity index (χ3n) is 4.25. The van der Waals surface area contributed by atoms with Gasteiger partial charge < -0.3 is 25.2 Å². The monoisotopic (exact) mass is 468 g/mol. The average molecular weight is 469 g/mol. The zero-order valence-electron chi connectivity index (χ0n) is 19.0. The molecule has 0 heterocycles. The third kappa shape index (κ3) is 12.2. The van der Waals surface area contributed by atoms with Crippen molar-refractivity contribution in [2.45, 2.75) is 65.2 Å². The number of carboxylic acid groups (broad SMARTS) is 1. The average Bonchev–Trinajstić information content (AvgIpc) is 2.69. The molecule has 178 valence electrons. The molecule has 0 aliphatic heterocycles. The van der Waals surface area contributed by atoms with Crippen molar-refractivity contribution in [2.24, 2.45) is 5.92 Å². The maximum Gasteiger partial charge on any atom is 0.408 e. The van der Waals surface area contributed by atoms with E-state index >= 15 is 0 Å². The fourth-order valence-corrected chi connectivity index (χ4v) is 2.74. The molecule has 32 heavy (non-hydrogen) atoms. The predicted molar refractivity (Wildman–Crippen MR) is 123 cm³/mol. The number of carbonyl (C=O) groups is 3.